The Morgan fingerprint density at radius 2 is 1.75 bits per heavy atom. The van der Waals surface area contributed by atoms with Gasteiger partial charge in [0.2, 0.25) is 5.91 Å². The lowest BCUT2D eigenvalue weighted by atomic mass is 9.91. The van der Waals surface area contributed by atoms with E-state index in [1.54, 1.807) is 19.1 Å². The average molecular weight is 498 g/mol. The molecule has 2 aromatic rings. The van der Waals surface area contributed by atoms with E-state index in [9.17, 15) is 9.59 Å². The van der Waals surface area contributed by atoms with Gasteiger partial charge in [0.1, 0.15) is 22.7 Å². The van der Waals surface area contributed by atoms with E-state index in [0.717, 1.165) is 49.4 Å². The lowest BCUT2D eigenvalue weighted by molar-refractivity contribution is -0.134. The smallest absolute Gasteiger partial charge is 0.271 e. The van der Waals surface area contributed by atoms with Crippen LogP contribution in [0.3, 0.4) is 0 Å². The fourth-order valence-electron chi connectivity index (χ4n) is 6.17. The fourth-order valence-corrected chi connectivity index (χ4v) is 6.17. The number of rotatable bonds is 6. The SMILES string of the molecule is COc1ccc(OC)c2c1cc1n2C[C@](C)(C(=O)NC2CCCCCCC2)N(C[C@@H]2CCCO2)C1=O. The number of methoxy groups -OCH3 is 2. The first kappa shape index (κ1) is 24.9. The Bertz CT molecular complexity index is 1110. The van der Waals surface area contributed by atoms with Crippen LogP contribution in [0.2, 0.25) is 0 Å². The molecule has 2 aliphatic heterocycles. The largest absolute Gasteiger partial charge is 0.496 e. The van der Waals surface area contributed by atoms with Crippen molar-refractivity contribution in [2.24, 2.45) is 0 Å². The van der Waals surface area contributed by atoms with Gasteiger partial charge in [-0.1, -0.05) is 32.1 Å². The molecule has 8 heteroatoms. The van der Waals surface area contributed by atoms with E-state index in [4.69, 9.17) is 14.2 Å². The third-order valence-electron chi connectivity index (χ3n) is 8.29. The summed E-state index contributed by atoms with van der Waals surface area (Å²) in [7, 11) is 3.24. The molecule has 0 unspecified atom stereocenters. The molecule has 1 aromatic carbocycles. The molecule has 1 N–H and O–H groups in total. The van der Waals surface area contributed by atoms with Crippen LogP contribution >= 0.6 is 0 Å². The Labute approximate surface area is 213 Å². The summed E-state index contributed by atoms with van der Waals surface area (Å²) in [6.07, 6.45) is 9.77. The first-order valence-corrected chi connectivity index (χ1v) is 13.4. The van der Waals surface area contributed by atoms with Gasteiger partial charge in [-0.3, -0.25) is 9.59 Å². The zero-order valence-corrected chi connectivity index (χ0v) is 21.8. The maximum atomic E-state index is 14.1. The molecule has 196 valence electrons. The molecule has 8 nitrogen and oxygen atoms in total. The molecule has 1 aliphatic carbocycles. The predicted molar refractivity (Wildman–Crippen MR) is 138 cm³/mol. The van der Waals surface area contributed by atoms with Gasteiger partial charge in [0.15, 0.2) is 0 Å². The second-order valence-corrected chi connectivity index (χ2v) is 10.7. The third-order valence-corrected chi connectivity index (χ3v) is 8.29. The molecule has 2 fully saturated rings. The molecular formula is C28H39N3O5. The van der Waals surface area contributed by atoms with Crippen LogP contribution in [0.4, 0.5) is 0 Å². The monoisotopic (exact) mass is 497 g/mol. The standard InChI is InChI=1S/C28H39N3O5/c1-28(27(33)29-19-10-7-5-4-6-8-11-19)18-30-22(26(32)31(28)17-20-12-9-15-36-20)16-21-23(34-2)13-14-24(35-3)25(21)30/h13-14,16,19-20H,4-12,15,17-18H2,1-3H3,(H,29,33)/t20-,28+/m0/s1. The van der Waals surface area contributed by atoms with Gasteiger partial charge in [0.05, 0.1) is 32.4 Å². The van der Waals surface area contributed by atoms with Crippen molar-refractivity contribution in [1.82, 2.24) is 14.8 Å². The van der Waals surface area contributed by atoms with Gasteiger partial charge in [-0.05, 0) is 50.8 Å². The summed E-state index contributed by atoms with van der Waals surface area (Å²) in [5.74, 6) is 1.08. The van der Waals surface area contributed by atoms with Crippen LogP contribution in [-0.4, -0.2) is 66.3 Å². The second-order valence-electron chi connectivity index (χ2n) is 10.7. The van der Waals surface area contributed by atoms with Gasteiger partial charge < -0.3 is 29.0 Å². The highest BCUT2D eigenvalue weighted by molar-refractivity contribution is 6.06. The molecule has 0 spiro atoms. The average Bonchev–Trinajstić information content (AvgIpc) is 3.51. The number of carbonyl (C=O) groups excluding carboxylic acids is 2. The lowest BCUT2D eigenvalue weighted by Gasteiger charge is -2.45. The van der Waals surface area contributed by atoms with Crippen molar-refractivity contribution in [3.8, 4) is 11.5 Å². The second kappa shape index (κ2) is 10.3. The van der Waals surface area contributed by atoms with Crippen LogP contribution in [0.5, 0.6) is 11.5 Å². The first-order valence-electron chi connectivity index (χ1n) is 13.4. The highest BCUT2D eigenvalue weighted by Gasteiger charge is 2.49. The van der Waals surface area contributed by atoms with Gasteiger partial charge in [-0.2, -0.15) is 0 Å². The summed E-state index contributed by atoms with van der Waals surface area (Å²) in [6, 6.07) is 5.71. The van der Waals surface area contributed by atoms with Gasteiger partial charge in [-0.25, -0.2) is 0 Å². The number of benzene rings is 1. The van der Waals surface area contributed by atoms with Crippen LogP contribution < -0.4 is 14.8 Å². The fraction of sp³-hybridized carbons (Fsp3) is 0.643. The molecule has 0 bridgehead atoms. The predicted octanol–water partition coefficient (Wildman–Crippen LogP) is 4.28. The Kier molecular flexibility index (Phi) is 7.15. The van der Waals surface area contributed by atoms with Crippen molar-refractivity contribution in [3.63, 3.8) is 0 Å². The van der Waals surface area contributed by atoms with Crippen LogP contribution in [0.1, 0.15) is 75.2 Å². The minimum Gasteiger partial charge on any atom is -0.496 e. The zero-order chi connectivity index (χ0) is 25.3. The summed E-state index contributed by atoms with van der Waals surface area (Å²) in [5, 5.41) is 4.16. The zero-order valence-electron chi connectivity index (χ0n) is 21.8. The van der Waals surface area contributed by atoms with Crippen molar-refractivity contribution in [2.75, 3.05) is 27.4 Å². The van der Waals surface area contributed by atoms with Gasteiger partial charge in [-0.15, -0.1) is 0 Å². The number of nitrogens with one attached hydrogen (secondary N) is 1. The summed E-state index contributed by atoms with van der Waals surface area (Å²) >= 11 is 0. The van der Waals surface area contributed by atoms with E-state index in [-0.39, 0.29) is 24.0 Å². The molecule has 2 amide bonds. The minimum atomic E-state index is -1.06. The quantitative estimate of drug-likeness (QED) is 0.644. The van der Waals surface area contributed by atoms with Gasteiger partial charge in [0.25, 0.3) is 5.91 Å². The molecular weight excluding hydrogens is 458 g/mol. The number of ether oxygens (including phenoxy) is 3. The molecule has 3 heterocycles. The maximum absolute atomic E-state index is 14.1. The summed E-state index contributed by atoms with van der Waals surface area (Å²) in [6.45, 7) is 3.35. The molecule has 36 heavy (non-hydrogen) atoms. The van der Waals surface area contributed by atoms with E-state index in [1.807, 2.05) is 29.7 Å². The van der Waals surface area contributed by atoms with E-state index < -0.39 is 5.54 Å². The lowest BCUT2D eigenvalue weighted by Crippen LogP contribution is -2.66. The number of hydrogen-bond acceptors (Lipinski definition) is 5. The van der Waals surface area contributed by atoms with Crippen LogP contribution in [0.15, 0.2) is 18.2 Å². The number of hydrogen-bond donors (Lipinski definition) is 1. The Morgan fingerprint density at radius 1 is 1.06 bits per heavy atom. The molecule has 2 atom stereocenters. The van der Waals surface area contributed by atoms with Gasteiger partial charge >= 0.3 is 0 Å². The van der Waals surface area contributed by atoms with E-state index in [0.29, 0.717) is 36.9 Å². The number of carbonyl (C=O) groups is 2. The van der Waals surface area contributed by atoms with E-state index >= 15 is 0 Å². The molecule has 1 saturated carbocycles. The van der Waals surface area contributed by atoms with Crippen molar-refractivity contribution in [1.29, 1.82) is 0 Å². The topological polar surface area (TPSA) is 82.0 Å². The van der Waals surface area contributed by atoms with Crippen LogP contribution in [0.25, 0.3) is 10.9 Å². The number of nitrogens with zero attached hydrogens (tertiary/aromatic N) is 2. The highest BCUT2D eigenvalue weighted by atomic mass is 16.5. The van der Waals surface area contributed by atoms with Gasteiger partial charge in [0, 0.05) is 24.6 Å². The Balaban J connectivity index is 1.55. The van der Waals surface area contributed by atoms with Crippen LogP contribution in [-0.2, 0) is 16.1 Å². The molecule has 0 radical (unpaired) electrons. The summed E-state index contributed by atoms with van der Waals surface area (Å²) in [4.78, 5) is 29.9. The molecule has 5 rings (SSSR count). The Hall–Kier alpha value is -2.74. The molecule has 1 aromatic heterocycles. The first-order chi connectivity index (χ1) is 17.5. The Morgan fingerprint density at radius 3 is 2.42 bits per heavy atom. The summed E-state index contributed by atoms with van der Waals surface area (Å²) in [5.41, 5.74) is 0.266. The minimum absolute atomic E-state index is 0.0533. The van der Waals surface area contributed by atoms with Crippen LogP contribution in [0, 0.1) is 0 Å². The number of aromatic nitrogens is 1. The molecule has 3 aliphatic rings. The van der Waals surface area contributed by atoms with Crippen molar-refractivity contribution in [2.45, 2.75) is 88.9 Å². The molecule has 1 saturated heterocycles. The van der Waals surface area contributed by atoms with Crippen molar-refractivity contribution < 1.29 is 23.8 Å². The summed E-state index contributed by atoms with van der Waals surface area (Å²) < 4.78 is 19.1. The normalized spacial score (nSPS) is 25.4. The number of amides is 2. The maximum Gasteiger partial charge on any atom is 0.271 e. The third kappa shape index (κ3) is 4.44. The highest BCUT2D eigenvalue weighted by Crippen LogP contribution is 2.40. The van der Waals surface area contributed by atoms with Crippen molar-refractivity contribution in [3.05, 3.63) is 23.9 Å². The van der Waals surface area contributed by atoms with E-state index in [2.05, 4.69) is 5.32 Å². The number of fused-ring (bicyclic) bond motifs is 3. The van der Waals surface area contributed by atoms with Crippen molar-refractivity contribution >= 4 is 22.7 Å². The van der Waals surface area contributed by atoms with E-state index in [1.165, 1.54) is 19.3 Å².